The molecule has 0 aliphatic carbocycles. The summed E-state index contributed by atoms with van der Waals surface area (Å²) < 4.78 is 0. The third-order valence-corrected chi connectivity index (χ3v) is 2.24. The lowest BCUT2D eigenvalue weighted by atomic mass is 10.1. The summed E-state index contributed by atoms with van der Waals surface area (Å²) in [5.41, 5.74) is 1.67. The number of carbonyl (C=O) groups is 1. The molecule has 1 amide bonds. The highest BCUT2D eigenvalue weighted by Gasteiger charge is 2.07. The molecule has 76 valence electrons. The Morgan fingerprint density at radius 3 is 2.67 bits per heavy atom. The fraction of sp³-hybridized carbons (Fsp3) is 0.0833. The van der Waals surface area contributed by atoms with Crippen LogP contribution >= 0.6 is 0 Å². The van der Waals surface area contributed by atoms with Crippen molar-refractivity contribution in [3.63, 3.8) is 0 Å². The molecule has 1 aromatic carbocycles. The van der Waals surface area contributed by atoms with Gasteiger partial charge in [0.25, 0.3) is 5.91 Å². The van der Waals surface area contributed by atoms with E-state index in [-0.39, 0.29) is 5.91 Å². The number of aromatic nitrogens is 1. The van der Waals surface area contributed by atoms with Crippen LogP contribution in [-0.4, -0.2) is 10.9 Å². The molecule has 0 radical (unpaired) electrons. The lowest BCUT2D eigenvalue weighted by Gasteiger charge is -2.05. The Labute approximate surface area is 88.1 Å². The molecule has 3 heteroatoms. The summed E-state index contributed by atoms with van der Waals surface area (Å²) in [5, 5.41) is 2.78. The van der Waals surface area contributed by atoms with Crippen LogP contribution in [0.15, 0.2) is 42.6 Å². The van der Waals surface area contributed by atoms with E-state index in [0.29, 0.717) is 11.4 Å². The van der Waals surface area contributed by atoms with Gasteiger partial charge < -0.3 is 10.3 Å². The zero-order valence-electron chi connectivity index (χ0n) is 8.45. The van der Waals surface area contributed by atoms with E-state index >= 15 is 0 Å². The third-order valence-electron chi connectivity index (χ3n) is 2.24. The Morgan fingerprint density at radius 2 is 2.00 bits per heavy atom. The first kappa shape index (κ1) is 9.52. The average Bonchev–Trinajstić information content (AvgIpc) is 2.71. The molecule has 1 aromatic heterocycles. The zero-order valence-corrected chi connectivity index (χ0v) is 8.45. The van der Waals surface area contributed by atoms with Gasteiger partial charge in [0, 0.05) is 11.8 Å². The Hall–Kier alpha value is -2.03. The van der Waals surface area contributed by atoms with Crippen LogP contribution in [0, 0.1) is 6.92 Å². The van der Waals surface area contributed by atoms with Crippen LogP contribution in [0.2, 0.25) is 0 Å². The molecule has 0 saturated heterocycles. The van der Waals surface area contributed by atoms with Crippen molar-refractivity contribution in [2.75, 3.05) is 5.32 Å². The van der Waals surface area contributed by atoms with E-state index in [4.69, 9.17) is 0 Å². The van der Waals surface area contributed by atoms with Gasteiger partial charge >= 0.3 is 0 Å². The maximum absolute atomic E-state index is 11.8. The highest BCUT2D eigenvalue weighted by Crippen LogP contribution is 2.10. The van der Waals surface area contributed by atoms with E-state index in [2.05, 4.69) is 10.3 Å². The molecule has 15 heavy (non-hydrogen) atoms. The van der Waals surface area contributed by atoms with Crippen molar-refractivity contribution in [2.45, 2.75) is 6.92 Å². The van der Waals surface area contributed by atoms with Crippen molar-refractivity contribution in [3.05, 3.63) is 53.7 Å². The predicted octanol–water partition coefficient (Wildman–Crippen LogP) is 2.58. The van der Waals surface area contributed by atoms with Crippen molar-refractivity contribution in [3.8, 4) is 0 Å². The second-order valence-electron chi connectivity index (χ2n) is 3.35. The van der Waals surface area contributed by atoms with Crippen LogP contribution in [0.3, 0.4) is 0 Å². The summed E-state index contributed by atoms with van der Waals surface area (Å²) in [7, 11) is 0. The summed E-state index contributed by atoms with van der Waals surface area (Å²) in [6, 6.07) is 11.2. The fourth-order valence-corrected chi connectivity index (χ4v) is 1.43. The van der Waals surface area contributed by atoms with Gasteiger partial charge in [0.05, 0.1) is 0 Å². The molecule has 0 bridgehead atoms. The number of rotatable bonds is 2. The minimum absolute atomic E-state index is 0.0875. The molecule has 3 nitrogen and oxygen atoms in total. The topological polar surface area (TPSA) is 44.9 Å². The first-order valence-electron chi connectivity index (χ1n) is 4.78. The highest BCUT2D eigenvalue weighted by atomic mass is 16.1. The van der Waals surface area contributed by atoms with Gasteiger partial charge in [0.15, 0.2) is 0 Å². The van der Waals surface area contributed by atoms with E-state index < -0.39 is 0 Å². The molecule has 1 heterocycles. The lowest BCUT2D eigenvalue weighted by molar-refractivity contribution is 0.102. The molecule has 0 aliphatic heterocycles. The second-order valence-corrected chi connectivity index (χ2v) is 3.35. The molecule has 0 saturated carbocycles. The van der Waals surface area contributed by atoms with Crippen LogP contribution < -0.4 is 5.32 Å². The number of H-pyrrole nitrogens is 1. The Balaban J connectivity index is 2.19. The first-order valence-corrected chi connectivity index (χ1v) is 4.78. The third kappa shape index (κ3) is 2.07. The van der Waals surface area contributed by atoms with Gasteiger partial charge in [-0.2, -0.15) is 0 Å². The van der Waals surface area contributed by atoms with Gasteiger partial charge in [-0.15, -0.1) is 0 Å². The van der Waals surface area contributed by atoms with E-state index in [9.17, 15) is 4.79 Å². The molecule has 0 atom stereocenters. The predicted molar refractivity (Wildman–Crippen MR) is 59.9 cm³/mol. The first-order chi connectivity index (χ1) is 7.27. The van der Waals surface area contributed by atoms with Crippen LogP contribution in [0.1, 0.15) is 15.9 Å². The van der Waals surface area contributed by atoms with Crippen LogP contribution in [0.4, 0.5) is 5.82 Å². The van der Waals surface area contributed by atoms with Gasteiger partial charge in [-0.05, 0) is 30.7 Å². The minimum Gasteiger partial charge on any atom is -0.348 e. The van der Waals surface area contributed by atoms with E-state index in [1.54, 1.807) is 6.20 Å². The maximum Gasteiger partial charge on any atom is 0.257 e. The molecule has 0 fully saturated rings. The number of aryl methyl sites for hydroxylation is 1. The zero-order chi connectivity index (χ0) is 10.7. The molecule has 0 unspecified atom stereocenters. The van der Waals surface area contributed by atoms with Gasteiger partial charge in [0.2, 0.25) is 0 Å². The van der Waals surface area contributed by atoms with Gasteiger partial charge in [-0.1, -0.05) is 18.2 Å². The number of anilines is 1. The number of benzene rings is 1. The smallest absolute Gasteiger partial charge is 0.257 e. The normalized spacial score (nSPS) is 9.93. The Morgan fingerprint density at radius 1 is 1.20 bits per heavy atom. The van der Waals surface area contributed by atoms with Crippen molar-refractivity contribution >= 4 is 11.7 Å². The van der Waals surface area contributed by atoms with Crippen LogP contribution in [-0.2, 0) is 0 Å². The molecule has 2 N–H and O–H groups in total. The SMILES string of the molecule is Cc1ccccc1C(=O)Nc1ccc[nH]1. The largest absolute Gasteiger partial charge is 0.348 e. The minimum atomic E-state index is -0.0875. The summed E-state index contributed by atoms with van der Waals surface area (Å²) in [6.07, 6.45) is 1.77. The number of aromatic amines is 1. The quantitative estimate of drug-likeness (QED) is 0.768. The number of nitrogens with one attached hydrogen (secondary N) is 2. The highest BCUT2D eigenvalue weighted by molar-refractivity contribution is 6.04. The van der Waals surface area contributed by atoms with Crippen molar-refractivity contribution in [1.29, 1.82) is 0 Å². The number of hydrogen-bond donors (Lipinski definition) is 2. The number of carbonyl (C=O) groups excluding carboxylic acids is 1. The van der Waals surface area contributed by atoms with Crippen LogP contribution in [0.25, 0.3) is 0 Å². The maximum atomic E-state index is 11.8. The van der Waals surface area contributed by atoms with Crippen molar-refractivity contribution < 1.29 is 4.79 Å². The van der Waals surface area contributed by atoms with E-state index in [1.165, 1.54) is 0 Å². The molecule has 0 spiro atoms. The Kier molecular flexibility index (Phi) is 2.54. The standard InChI is InChI=1S/C12H12N2O/c1-9-5-2-3-6-10(9)12(15)14-11-7-4-8-13-11/h2-8,13H,1H3,(H,14,15). The second kappa shape index (κ2) is 4.00. The van der Waals surface area contributed by atoms with Gasteiger partial charge in [-0.3, -0.25) is 4.79 Å². The monoisotopic (exact) mass is 200 g/mol. The summed E-state index contributed by atoms with van der Waals surface area (Å²) in [6.45, 7) is 1.92. The molecule has 0 aliphatic rings. The average molecular weight is 200 g/mol. The van der Waals surface area contributed by atoms with Crippen molar-refractivity contribution in [1.82, 2.24) is 4.98 Å². The number of amides is 1. The van der Waals surface area contributed by atoms with E-state index in [0.717, 1.165) is 5.56 Å². The van der Waals surface area contributed by atoms with Crippen molar-refractivity contribution in [2.24, 2.45) is 0 Å². The summed E-state index contributed by atoms with van der Waals surface area (Å²) in [4.78, 5) is 14.7. The Bertz CT molecular complexity index is 460. The molecule has 2 rings (SSSR count). The fourth-order valence-electron chi connectivity index (χ4n) is 1.43. The summed E-state index contributed by atoms with van der Waals surface area (Å²) >= 11 is 0. The van der Waals surface area contributed by atoms with Gasteiger partial charge in [0.1, 0.15) is 5.82 Å². The lowest BCUT2D eigenvalue weighted by Crippen LogP contribution is -2.13. The van der Waals surface area contributed by atoms with Gasteiger partial charge in [-0.25, -0.2) is 0 Å². The van der Waals surface area contributed by atoms with Crippen LogP contribution in [0.5, 0.6) is 0 Å². The molecule has 2 aromatic rings. The number of hydrogen-bond acceptors (Lipinski definition) is 1. The molecular weight excluding hydrogens is 188 g/mol. The van der Waals surface area contributed by atoms with E-state index in [1.807, 2.05) is 43.3 Å². The summed E-state index contributed by atoms with van der Waals surface area (Å²) in [5.74, 6) is 0.624. The molecular formula is C12H12N2O.